The molecular formula is C21H25NO4S. The number of carbonyl (C=O) groups excluding carboxylic acids is 1. The Morgan fingerprint density at radius 2 is 1.59 bits per heavy atom. The van der Waals surface area contributed by atoms with Gasteiger partial charge in [-0.25, -0.2) is 13.2 Å². The van der Waals surface area contributed by atoms with Gasteiger partial charge in [-0.05, 0) is 54.2 Å². The summed E-state index contributed by atoms with van der Waals surface area (Å²) in [6.45, 7) is 5.56. The van der Waals surface area contributed by atoms with E-state index in [1.54, 1.807) is 0 Å². The normalized spacial score (nSPS) is 15.2. The van der Waals surface area contributed by atoms with E-state index in [1.165, 1.54) is 34.1 Å². The zero-order valence-corrected chi connectivity index (χ0v) is 16.5. The van der Waals surface area contributed by atoms with Crippen molar-refractivity contribution in [1.29, 1.82) is 0 Å². The number of hydrogen-bond acceptors (Lipinski definition) is 4. The van der Waals surface area contributed by atoms with Gasteiger partial charge in [0.15, 0.2) is 0 Å². The van der Waals surface area contributed by atoms with Gasteiger partial charge in [0.05, 0.1) is 10.5 Å². The summed E-state index contributed by atoms with van der Waals surface area (Å²) in [6, 6.07) is 13.9. The van der Waals surface area contributed by atoms with Crippen molar-refractivity contribution in [1.82, 2.24) is 4.31 Å². The summed E-state index contributed by atoms with van der Waals surface area (Å²) in [4.78, 5) is 12.4. The molecule has 0 N–H and O–H groups in total. The van der Waals surface area contributed by atoms with Crippen LogP contribution in [0.1, 0.15) is 54.1 Å². The fourth-order valence-electron chi connectivity index (χ4n) is 3.07. The van der Waals surface area contributed by atoms with Gasteiger partial charge < -0.3 is 4.74 Å². The first-order valence-corrected chi connectivity index (χ1v) is 10.7. The van der Waals surface area contributed by atoms with Gasteiger partial charge >= 0.3 is 5.97 Å². The van der Waals surface area contributed by atoms with Crippen LogP contribution in [0.2, 0.25) is 0 Å². The molecule has 5 nitrogen and oxygen atoms in total. The lowest BCUT2D eigenvalue weighted by molar-refractivity contribution is 0.0472. The Morgan fingerprint density at radius 3 is 2.15 bits per heavy atom. The van der Waals surface area contributed by atoms with Gasteiger partial charge in [0, 0.05) is 13.1 Å². The van der Waals surface area contributed by atoms with Crippen molar-refractivity contribution < 1.29 is 17.9 Å². The van der Waals surface area contributed by atoms with E-state index in [0.29, 0.717) is 24.6 Å². The maximum Gasteiger partial charge on any atom is 0.338 e. The first-order chi connectivity index (χ1) is 12.9. The van der Waals surface area contributed by atoms with Crippen LogP contribution in [0, 0.1) is 0 Å². The Balaban J connectivity index is 1.62. The van der Waals surface area contributed by atoms with E-state index in [9.17, 15) is 13.2 Å². The minimum Gasteiger partial charge on any atom is -0.457 e. The molecule has 0 atom stereocenters. The van der Waals surface area contributed by atoms with Gasteiger partial charge in [0.1, 0.15) is 6.61 Å². The molecule has 27 heavy (non-hydrogen) atoms. The van der Waals surface area contributed by atoms with Gasteiger partial charge in [0.2, 0.25) is 10.0 Å². The number of esters is 1. The van der Waals surface area contributed by atoms with Crippen LogP contribution >= 0.6 is 0 Å². The van der Waals surface area contributed by atoms with Crippen molar-refractivity contribution in [3.8, 4) is 0 Å². The quantitative estimate of drug-likeness (QED) is 0.704. The van der Waals surface area contributed by atoms with Gasteiger partial charge in [-0.15, -0.1) is 0 Å². The van der Waals surface area contributed by atoms with E-state index >= 15 is 0 Å². The molecule has 1 heterocycles. The van der Waals surface area contributed by atoms with Crippen LogP contribution in [0.5, 0.6) is 0 Å². The van der Waals surface area contributed by atoms with Crippen LogP contribution in [0.15, 0.2) is 53.4 Å². The van der Waals surface area contributed by atoms with E-state index < -0.39 is 16.0 Å². The fourth-order valence-corrected chi connectivity index (χ4v) is 4.59. The average Bonchev–Trinajstić information content (AvgIpc) is 3.22. The molecule has 0 aromatic heterocycles. The number of sulfonamides is 1. The Kier molecular flexibility index (Phi) is 5.97. The average molecular weight is 388 g/mol. The molecule has 3 rings (SSSR count). The molecule has 0 unspecified atom stereocenters. The number of nitrogens with zero attached hydrogens (tertiary/aromatic N) is 1. The van der Waals surface area contributed by atoms with Crippen LogP contribution in [0.25, 0.3) is 0 Å². The van der Waals surface area contributed by atoms with Crippen molar-refractivity contribution in [2.75, 3.05) is 13.1 Å². The molecule has 1 aliphatic heterocycles. The first-order valence-electron chi connectivity index (χ1n) is 9.24. The molecule has 2 aromatic carbocycles. The van der Waals surface area contributed by atoms with Gasteiger partial charge in [0.25, 0.3) is 0 Å². The predicted octanol–water partition coefficient (Wildman–Crippen LogP) is 3.95. The van der Waals surface area contributed by atoms with E-state index in [4.69, 9.17) is 4.74 Å². The molecule has 1 fully saturated rings. The number of rotatable bonds is 6. The Hall–Kier alpha value is -2.18. The third kappa shape index (κ3) is 4.57. The van der Waals surface area contributed by atoms with E-state index in [2.05, 4.69) is 13.8 Å². The second-order valence-corrected chi connectivity index (χ2v) is 9.05. The molecule has 1 saturated heterocycles. The van der Waals surface area contributed by atoms with Crippen molar-refractivity contribution >= 4 is 16.0 Å². The van der Waals surface area contributed by atoms with Gasteiger partial charge in [-0.2, -0.15) is 4.31 Å². The molecule has 0 radical (unpaired) electrons. The third-order valence-corrected chi connectivity index (χ3v) is 6.72. The highest BCUT2D eigenvalue weighted by molar-refractivity contribution is 7.89. The molecule has 6 heteroatoms. The van der Waals surface area contributed by atoms with Crippen LogP contribution < -0.4 is 0 Å². The standard InChI is InChI=1S/C21H25NO4S/c1-16(2)18-7-5-17(6-8-18)15-26-21(23)19-9-11-20(12-10-19)27(24,25)22-13-3-4-14-22/h5-12,16H,3-4,13-15H2,1-2H3. The second-order valence-electron chi connectivity index (χ2n) is 7.11. The van der Waals surface area contributed by atoms with Gasteiger partial charge in [-0.3, -0.25) is 0 Å². The topological polar surface area (TPSA) is 63.7 Å². The zero-order valence-electron chi connectivity index (χ0n) is 15.7. The van der Waals surface area contributed by atoms with E-state index in [-0.39, 0.29) is 11.5 Å². The van der Waals surface area contributed by atoms with Crippen molar-refractivity contribution in [2.45, 2.75) is 44.1 Å². The Morgan fingerprint density at radius 1 is 1.00 bits per heavy atom. The van der Waals surface area contributed by atoms with Crippen molar-refractivity contribution in [2.24, 2.45) is 0 Å². The minimum absolute atomic E-state index is 0.186. The molecule has 2 aromatic rings. The number of hydrogen-bond donors (Lipinski definition) is 0. The fraction of sp³-hybridized carbons (Fsp3) is 0.381. The molecule has 0 saturated carbocycles. The van der Waals surface area contributed by atoms with Crippen molar-refractivity contribution in [3.63, 3.8) is 0 Å². The monoisotopic (exact) mass is 387 g/mol. The van der Waals surface area contributed by atoms with E-state index in [0.717, 1.165) is 18.4 Å². The van der Waals surface area contributed by atoms with Crippen LogP contribution in [0.4, 0.5) is 0 Å². The summed E-state index contributed by atoms with van der Waals surface area (Å²) in [7, 11) is -3.47. The highest BCUT2D eigenvalue weighted by atomic mass is 32.2. The Labute approximate surface area is 161 Å². The summed E-state index contributed by atoms with van der Waals surface area (Å²) < 4.78 is 31.9. The lowest BCUT2D eigenvalue weighted by atomic mass is 10.0. The number of benzene rings is 2. The zero-order chi connectivity index (χ0) is 19.4. The lowest BCUT2D eigenvalue weighted by Crippen LogP contribution is -2.27. The second kappa shape index (κ2) is 8.23. The SMILES string of the molecule is CC(C)c1ccc(COC(=O)c2ccc(S(=O)(=O)N3CCCC3)cc2)cc1. The van der Waals surface area contributed by atoms with Crippen LogP contribution in [-0.2, 0) is 21.4 Å². The highest BCUT2D eigenvalue weighted by Crippen LogP contribution is 2.21. The maximum atomic E-state index is 12.5. The van der Waals surface area contributed by atoms with Crippen LogP contribution in [0.3, 0.4) is 0 Å². The largest absolute Gasteiger partial charge is 0.457 e. The summed E-state index contributed by atoms with van der Waals surface area (Å²) in [6.07, 6.45) is 1.78. The summed E-state index contributed by atoms with van der Waals surface area (Å²) in [5, 5.41) is 0. The first kappa shape index (κ1) is 19.6. The van der Waals surface area contributed by atoms with E-state index in [1.807, 2.05) is 24.3 Å². The minimum atomic E-state index is -3.47. The molecule has 1 aliphatic rings. The molecule has 0 aliphatic carbocycles. The molecule has 0 bridgehead atoms. The van der Waals surface area contributed by atoms with Crippen LogP contribution in [-0.4, -0.2) is 31.8 Å². The summed E-state index contributed by atoms with van der Waals surface area (Å²) in [5.74, 6) is -0.00925. The molecule has 144 valence electrons. The maximum absolute atomic E-state index is 12.5. The molecule has 0 spiro atoms. The molecular weight excluding hydrogens is 362 g/mol. The Bertz CT molecular complexity index is 881. The summed E-state index contributed by atoms with van der Waals surface area (Å²) in [5.41, 5.74) is 2.50. The highest BCUT2D eigenvalue weighted by Gasteiger charge is 2.27. The summed E-state index contributed by atoms with van der Waals surface area (Å²) >= 11 is 0. The van der Waals surface area contributed by atoms with Crippen molar-refractivity contribution in [3.05, 3.63) is 65.2 Å². The smallest absolute Gasteiger partial charge is 0.338 e. The van der Waals surface area contributed by atoms with Gasteiger partial charge in [-0.1, -0.05) is 38.1 Å². The predicted molar refractivity (Wildman–Crippen MR) is 104 cm³/mol. The number of carbonyl (C=O) groups is 1. The lowest BCUT2D eigenvalue weighted by Gasteiger charge is -2.15. The molecule has 0 amide bonds. The number of ether oxygens (including phenoxy) is 1. The third-order valence-electron chi connectivity index (χ3n) is 4.81.